The minimum absolute atomic E-state index is 0.517. The lowest BCUT2D eigenvalue weighted by atomic mass is 9.67. The molecule has 0 aliphatic heterocycles. The third kappa shape index (κ3) is 5.81. The second-order valence-electron chi connectivity index (χ2n) is 15.6. The SMILES string of the molecule is Cc1nc2c(N(c3ccccc3)c3ccc(C#N)cc3)cc3c(c2o1)-c1c(cc(N(c2ccccc2)c2ccc(C#N)cc2)c2nc(C)oc12)C3(c1ccccc1)c1ccccc1. The van der Waals surface area contributed by atoms with E-state index in [0.29, 0.717) is 45.1 Å². The van der Waals surface area contributed by atoms with Crippen molar-refractivity contribution in [3.63, 3.8) is 0 Å². The van der Waals surface area contributed by atoms with Crippen LogP contribution < -0.4 is 9.80 Å². The first kappa shape index (κ1) is 37.3. The Balaban J connectivity index is 1.32. The molecule has 0 N–H and O–H groups in total. The van der Waals surface area contributed by atoms with Crippen LogP contribution in [-0.4, -0.2) is 9.97 Å². The van der Waals surface area contributed by atoms with Crippen molar-refractivity contribution in [3.8, 4) is 23.3 Å². The predicted octanol–water partition coefficient (Wildman–Crippen LogP) is 13.6. The zero-order valence-electron chi connectivity index (χ0n) is 34.3. The molecule has 11 rings (SSSR count). The van der Waals surface area contributed by atoms with Gasteiger partial charge in [-0.25, -0.2) is 9.97 Å². The molecule has 10 aromatic rings. The lowest BCUT2D eigenvalue weighted by Crippen LogP contribution is -2.29. The molecule has 0 spiro atoms. The average Bonchev–Trinajstić information content (AvgIpc) is 4.02. The van der Waals surface area contributed by atoms with Gasteiger partial charge in [-0.1, -0.05) is 97.1 Å². The third-order valence-corrected chi connectivity index (χ3v) is 12.0. The Morgan fingerprint density at radius 1 is 0.444 bits per heavy atom. The van der Waals surface area contributed by atoms with Crippen LogP contribution >= 0.6 is 0 Å². The molecule has 2 heterocycles. The third-order valence-electron chi connectivity index (χ3n) is 12.0. The Morgan fingerprint density at radius 2 is 0.778 bits per heavy atom. The van der Waals surface area contributed by atoms with Crippen molar-refractivity contribution in [1.82, 2.24) is 9.97 Å². The largest absolute Gasteiger partial charge is 0.440 e. The number of fused-ring (bicyclic) bond motifs is 7. The van der Waals surface area contributed by atoms with E-state index in [-0.39, 0.29) is 0 Å². The van der Waals surface area contributed by atoms with Crippen molar-refractivity contribution in [1.29, 1.82) is 10.5 Å². The van der Waals surface area contributed by atoms with Crippen LogP contribution in [0.1, 0.15) is 45.2 Å². The number of nitrogens with zero attached hydrogens (tertiary/aromatic N) is 6. The quantitative estimate of drug-likeness (QED) is 0.149. The van der Waals surface area contributed by atoms with E-state index in [4.69, 9.17) is 18.8 Å². The fourth-order valence-electron chi connectivity index (χ4n) is 9.46. The standard InChI is InChI=1S/C55H36N6O2/c1-35-58-51-47(60(41-19-11-5-12-20-41)43-27-23-37(33-56)24-28-43)31-45-49(53(51)62-35)50-46(55(45,39-15-7-3-8-16-39)40-17-9-4-10-18-40)32-48(52-54(50)63-36(2)59-52)61(42-21-13-6-14-22-42)44-29-25-38(34-57)26-30-44/h3-32H,1-2H3. The van der Waals surface area contributed by atoms with E-state index in [1.54, 1.807) is 0 Å². The van der Waals surface area contributed by atoms with E-state index in [1.807, 2.05) is 111 Å². The summed E-state index contributed by atoms with van der Waals surface area (Å²) in [5, 5.41) is 19.6. The maximum absolute atomic E-state index is 9.78. The second kappa shape index (κ2) is 14.8. The van der Waals surface area contributed by atoms with E-state index in [1.165, 1.54) is 0 Å². The Hall–Kier alpha value is -8.72. The van der Waals surface area contributed by atoms with E-state index in [9.17, 15) is 10.5 Å². The van der Waals surface area contributed by atoms with Gasteiger partial charge in [0.1, 0.15) is 11.0 Å². The summed E-state index contributed by atoms with van der Waals surface area (Å²) in [4.78, 5) is 14.7. The number of oxazole rings is 2. The fraction of sp³-hybridized carbons (Fsp3) is 0.0545. The van der Waals surface area contributed by atoms with E-state index in [2.05, 4.69) is 107 Å². The number of aryl methyl sites for hydroxylation is 2. The molecule has 0 saturated heterocycles. The van der Waals surface area contributed by atoms with Crippen LogP contribution in [0.3, 0.4) is 0 Å². The maximum Gasteiger partial charge on any atom is 0.192 e. The molecular formula is C55H36N6O2. The summed E-state index contributed by atoms with van der Waals surface area (Å²) < 4.78 is 13.7. The van der Waals surface area contributed by atoms with Crippen LogP contribution in [0.15, 0.2) is 191 Å². The highest BCUT2D eigenvalue weighted by Gasteiger charge is 2.50. The van der Waals surface area contributed by atoms with Crippen molar-refractivity contribution in [2.24, 2.45) is 0 Å². The van der Waals surface area contributed by atoms with Gasteiger partial charge in [0.05, 0.1) is 40.1 Å². The topological polar surface area (TPSA) is 106 Å². The van der Waals surface area contributed by atoms with Crippen molar-refractivity contribution in [3.05, 3.63) is 227 Å². The van der Waals surface area contributed by atoms with E-state index in [0.717, 1.165) is 67.5 Å². The normalized spacial score (nSPS) is 12.4. The van der Waals surface area contributed by atoms with Crippen molar-refractivity contribution in [2.45, 2.75) is 19.3 Å². The van der Waals surface area contributed by atoms with E-state index >= 15 is 0 Å². The molecule has 0 atom stereocenters. The number of hydrogen-bond acceptors (Lipinski definition) is 8. The molecule has 2 aromatic heterocycles. The molecule has 0 amide bonds. The Labute approximate surface area is 363 Å². The number of hydrogen-bond donors (Lipinski definition) is 0. The first-order valence-electron chi connectivity index (χ1n) is 20.7. The van der Waals surface area contributed by atoms with Crippen LogP contribution in [0.5, 0.6) is 0 Å². The summed E-state index contributed by atoms with van der Waals surface area (Å²) in [5.41, 5.74) is 13.8. The number of aromatic nitrogens is 2. The van der Waals surface area contributed by atoms with Gasteiger partial charge in [-0.15, -0.1) is 0 Å². The number of benzene rings is 8. The lowest BCUT2D eigenvalue weighted by molar-refractivity contribution is 0.558. The van der Waals surface area contributed by atoms with Crippen LogP contribution in [0.4, 0.5) is 34.1 Å². The molecular weight excluding hydrogens is 777 g/mol. The smallest absolute Gasteiger partial charge is 0.192 e. The highest BCUT2D eigenvalue weighted by molar-refractivity contribution is 6.14. The monoisotopic (exact) mass is 812 g/mol. The maximum atomic E-state index is 9.78. The fourth-order valence-corrected chi connectivity index (χ4v) is 9.46. The van der Waals surface area contributed by atoms with Gasteiger partial charge in [0.25, 0.3) is 0 Å². The molecule has 0 saturated carbocycles. The Kier molecular flexibility index (Phi) is 8.75. The number of anilines is 6. The van der Waals surface area contributed by atoms with Crippen molar-refractivity contribution in [2.75, 3.05) is 9.80 Å². The number of rotatable bonds is 8. The van der Waals surface area contributed by atoms with Gasteiger partial charge in [-0.2, -0.15) is 10.5 Å². The summed E-state index contributed by atoms with van der Waals surface area (Å²) >= 11 is 0. The number of nitriles is 2. The van der Waals surface area contributed by atoms with Gasteiger partial charge in [-0.3, -0.25) is 0 Å². The zero-order valence-corrected chi connectivity index (χ0v) is 34.3. The summed E-state index contributed by atoms with van der Waals surface area (Å²) in [5.74, 6) is 1.03. The summed E-state index contributed by atoms with van der Waals surface area (Å²) in [6, 6.07) is 66.0. The molecule has 63 heavy (non-hydrogen) atoms. The number of para-hydroxylation sites is 2. The minimum atomic E-state index is -0.930. The molecule has 298 valence electrons. The highest BCUT2D eigenvalue weighted by Crippen LogP contribution is 2.62. The molecule has 1 aliphatic rings. The average molecular weight is 813 g/mol. The molecule has 0 unspecified atom stereocenters. The van der Waals surface area contributed by atoms with Crippen LogP contribution in [0.2, 0.25) is 0 Å². The van der Waals surface area contributed by atoms with E-state index < -0.39 is 5.41 Å². The van der Waals surface area contributed by atoms with Crippen LogP contribution in [0.25, 0.3) is 33.3 Å². The molecule has 0 bridgehead atoms. The van der Waals surface area contributed by atoms with Crippen molar-refractivity contribution < 1.29 is 8.83 Å². The molecule has 8 aromatic carbocycles. The van der Waals surface area contributed by atoms with Gasteiger partial charge in [0.2, 0.25) is 0 Å². The summed E-state index contributed by atoms with van der Waals surface area (Å²) in [7, 11) is 0. The van der Waals surface area contributed by atoms with Gasteiger partial charge in [0, 0.05) is 47.7 Å². The van der Waals surface area contributed by atoms with Crippen LogP contribution in [0, 0.1) is 36.5 Å². The second-order valence-corrected chi connectivity index (χ2v) is 15.6. The predicted molar refractivity (Wildman–Crippen MR) is 247 cm³/mol. The summed E-state index contributed by atoms with van der Waals surface area (Å²) in [6.07, 6.45) is 0. The van der Waals surface area contributed by atoms with Gasteiger partial charge in [0.15, 0.2) is 22.9 Å². The molecule has 0 radical (unpaired) electrons. The Bertz CT molecular complexity index is 3190. The van der Waals surface area contributed by atoms with Crippen molar-refractivity contribution >= 4 is 56.3 Å². The summed E-state index contributed by atoms with van der Waals surface area (Å²) in [6.45, 7) is 3.77. The molecule has 0 fully saturated rings. The zero-order chi connectivity index (χ0) is 42.7. The minimum Gasteiger partial charge on any atom is -0.440 e. The van der Waals surface area contributed by atoms with Gasteiger partial charge >= 0.3 is 0 Å². The first-order chi connectivity index (χ1) is 31.0. The molecule has 8 nitrogen and oxygen atoms in total. The Morgan fingerprint density at radius 3 is 1.13 bits per heavy atom. The molecule has 8 heteroatoms. The molecule has 1 aliphatic carbocycles. The first-order valence-corrected chi connectivity index (χ1v) is 20.7. The van der Waals surface area contributed by atoms with Gasteiger partial charge < -0.3 is 18.6 Å². The highest BCUT2D eigenvalue weighted by atomic mass is 16.4. The lowest BCUT2D eigenvalue weighted by Gasteiger charge is -2.35. The van der Waals surface area contributed by atoms with Crippen LogP contribution in [-0.2, 0) is 5.41 Å². The van der Waals surface area contributed by atoms with Gasteiger partial charge in [-0.05, 0) is 107 Å².